The van der Waals surface area contributed by atoms with Gasteiger partial charge in [-0.05, 0) is 18.6 Å². The lowest BCUT2D eigenvalue weighted by molar-refractivity contribution is -0.0488. The van der Waals surface area contributed by atoms with Crippen molar-refractivity contribution in [2.24, 2.45) is 0 Å². The summed E-state index contributed by atoms with van der Waals surface area (Å²) in [7, 11) is 0. The lowest BCUT2D eigenvalue weighted by atomic mass is 9.72. The van der Waals surface area contributed by atoms with Crippen molar-refractivity contribution in [1.82, 2.24) is 0 Å². The van der Waals surface area contributed by atoms with E-state index in [0.717, 1.165) is 0 Å². The molecule has 0 amide bonds. The van der Waals surface area contributed by atoms with Gasteiger partial charge in [0.1, 0.15) is 6.10 Å². The molecule has 2 aliphatic carbocycles. The van der Waals surface area contributed by atoms with E-state index in [9.17, 15) is 24.6 Å². The summed E-state index contributed by atoms with van der Waals surface area (Å²) in [6.07, 6.45) is -1.59. The SMILES string of the molecule is CC1(O)Cc2ccc3c(c2C(=O)C1O)C(=O)c1ccccc1C3=O. The highest BCUT2D eigenvalue weighted by atomic mass is 16.3. The zero-order valence-electron chi connectivity index (χ0n) is 12.9. The molecule has 5 nitrogen and oxygen atoms in total. The van der Waals surface area contributed by atoms with Gasteiger partial charge in [0.25, 0.3) is 0 Å². The molecule has 4 rings (SSSR count). The van der Waals surface area contributed by atoms with Crippen LogP contribution in [-0.4, -0.2) is 39.3 Å². The zero-order valence-corrected chi connectivity index (χ0v) is 12.9. The van der Waals surface area contributed by atoms with E-state index < -0.39 is 23.3 Å². The fourth-order valence-electron chi connectivity index (χ4n) is 3.56. The summed E-state index contributed by atoms with van der Waals surface area (Å²) < 4.78 is 0. The summed E-state index contributed by atoms with van der Waals surface area (Å²) in [6, 6.07) is 9.57. The van der Waals surface area contributed by atoms with Crippen LogP contribution in [0.15, 0.2) is 36.4 Å². The fourth-order valence-corrected chi connectivity index (χ4v) is 3.56. The first-order chi connectivity index (χ1) is 11.3. The van der Waals surface area contributed by atoms with Crippen LogP contribution in [0.25, 0.3) is 0 Å². The Hall–Kier alpha value is -2.63. The minimum atomic E-state index is -1.63. The number of ketones is 3. The monoisotopic (exact) mass is 322 g/mol. The Morgan fingerprint density at radius 2 is 1.54 bits per heavy atom. The molecule has 120 valence electrons. The molecular weight excluding hydrogens is 308 g/mol. The molecule has 0 fully saturated rings. The van der Waals surface area contributed by atoms with E-state index in [0.29, 0.717) is 11.1 Å². The third-order valence-corrected chi connectivity index (χ3v) is 4.81. The number of fused-ring (bicyclic) bond motifs is 4. The molecule has 2 aliphatic rings. The lowest BCUT2D eigenvalue weighted by Crippen LogP contribution is -2.50. The van der Waals surface area contributed by atoms with Gasteiger partial charge in [0.05, 0.1) is 5.60 Å². The standard InChI is InChI=1S/C19H14O5/c1-19(24)8-9-6-7-12-14(13(9)17(22)18(19)23)16(21)11-5-3-2-4-10(11)15(12)20/h2-7,18,23-24H,8H2,1H3. The molecule has 2 aromatic rings. The van der Waals surface area contributed by atoms with E-state index in [1.165, 1.54) is 13.0 Å². The summed E-state index contributed by atoms with van der Waals surface area (Å²) in [4.78, 5) is 38.2. The molecule has 0 radical (unpaired) electrons. The fraction of sp³-hybridized carbons (Fsp3) is 0.211. The van der Waals surface area contributed by atoms with Crippen LogP contribution in [0.4, 0.5) is 0 Å². The Morgan fingerprint density at radius 3 is 2.21 bits per heavy atom. The maximum absolute atomic E-state index is 12.9. The van der Waals surface area contributed by atoms with Crippen molar-refractivity contribution in [3.05, 3.63) is 69.8 Å². The largest absolute Gasteiger partial charge is 0.387 e. The lowest BCUT2D eigenvalue weighted by Gasteiger charge is -2.35. The number of hydrogen-bond acceptors (Lipinski definition) is 5. The molecule has 5 heteroatoms. The van der Waals surface area contributed by atoms with Crippen molar-refractivity contribution in [3.63, 3.8) is 0 Å². The number of benzene rings is 2. The number of carbonyl (C=O) groups excluding carboxylic acids is 3. The van der Waals surface area contributed by atoms with Crippen LogP contribution >= 0.6 is 0 Å². The average molecular weight is 322 g/mol. The molecule has 0 saturated carbocycles. The Kier molecular flexibility index (Phi) is 2.92. The van der Waals surface area contributed by atoms with Crippen molar-refractivity contribution >= 4 is 17.3 Å². The van der Waals surface area contributed by atoms with Gasteiger partial charge in [-0.3, -0.25) is 14.4 Å². The number of aliphatic hydroxyl groups is 2. The Labute approximate surface area is 137 Å². The van der Waals surface area contributed by atoms with Gasteiger partial charge in [-0.2, -0.15) is 0 Å². The maximum atomic E-state index is 12.9. The predicted molar refractivity (Wildman–Crippen MR) is 84.4 cm³/mol. The Bertz CT molecular complexity index is 939. The van der Waals surface area contributed by atoms with Crippen LogP contribution in [0.1, 0.15) is 54.7 Å². The van der Waals surface area contributed by atoms with E-state index in [2.05, 4.69) is 0 Å². The van der Waals surface area contributed by atoms with Gasteiger partial charge in [0, 0.05) is 34.2 Å². The summed E-state index contributed by atoms with van der Waals surface area (Å²) in [5, 5.41) is 20.3. The Morgan fingerprint density at radius 1 is 0.917 bits per heavy atom. The molecule has 0 aromatic heterocycles. The van der Waals surface area contributed by atoms with Crippen molar-refractivity contribution < 1.29 is 24.6 Å². The van der Waals surface area contributed by atoms with Crippen LogP contribution < -0.4 is 0 Å². The number of rotatable bonds is 0. The van der Waals surface area contributed by atoms with Crippen molar-refractivity contribution in [1.29, 1.82) is 0 Å². The van der Waals surface area contributed by atoms with Crippen LogP contribution in [0.2, 0.25) is 0 Å². The zero-order chi connectivity index (χ0) is 17.2. The van der Waals surface area contributed by atoms with Gasteiger partial charge < -0.3 is 10.2 Å². The molecule has 0 heterocycles. The summed E-state index contributed by atoms with van der Waals surface area (Å²) in [5.41, 5.74) is -0.309. The predicted octanol–water partition coefficient (Wildman–Crippen LogP) is 1.31. The molecule has 0 bridgehead atoms. The molecule has 0 saturated heterocycles. The van der Waals surface area contributed by atoms with Gasteiger partial charge >= 0.3 is 0 Å². The molecule has 2 aromatic carbocycles. The molecule has 2 atom stereocenters. The first kappa shape index (κ1) is 14.9. The maximum Gasteiger partial charge on any atom is 0.195 e. The molecule has 24 heavy (non-hydrogen) atoms. The number of hydrogen-bond donors (Lipinski definition) is 2. The van der Waals surface area contributed by atoms with E-state index >= 15 is 0 Å². The summed E-state index contributed by atoms with van der Waals surface area (Å²) >= 11 is 0. The van der Waals surface area contributed by atoms with Crippen molar-refractivity contribution in [2.75, 3.05) is 0 Å². The minimum absolute atomic E-state index is 0.0334. The van der Waals surface area contributed by atoms with E-state index in [-0.39, 0.29) is 34.5 Å². The van der Waals surface area contributed by atoms with Crippen LogP contribution in [-0.2, 0) is 6.42 Å². The summed E-state index contributed by atoms with van der Waals surface area (Å²) in [5.74, 6) is -1.44. The highest BCUT2D eigenvalue weighted by Gasteiger charge is 2.45. The van der Waals surface area contributed by atoms with E-state index in [1.807, 2.05) is 0 Å². The first-order valence-electron chi connectivity index (χ1n) is 7.62. The highest BCUT2D eigenvalue weighted by Crippen LogP contribution is 2.36. The van der Waals surface area contributed by atoms with Gasteiger partial charge in [0.15, 0.2) is 17.3 Å². The van der Waals surface area contributed by atoms with E-state index in [1.54, 1.807) is 30.3 Å². The van der Waals surface area contributed by atoms with Gasteiger partial charge in [-0.25, -0.2) is 0 Å². The minimum Gasteiger partial charge on any atom is -0.387 e. The van der Waals surface area contributed by atoms with Crippen molar-refractivity contribution in [3.8, 4) is 0 Å². The quantitative estimate of drug-likeness (QED) is 0.651. The molecule has 2 unspecified atom stereocenters. The normalized spacial score (nSPS) is 25.1. The molecule has 0 aliphatic heterocycles. The number of carbonyl (C=O) groups is 3. The third-order valence-electron chi connectivity index (χ3n) is 4.81. The molecular formula is C19H14O5. The number of aliphatic hydroxyl groups excluding tert-OH is 1. The Balaban J connectivity index is 2.02. The second-order valence-electron chi connectivity index (χ2n) is 6.53. The van der Waals surface area contributed by atoms with Crippen LogP contribution in [0.3, 0.4) is 0 Å². The van der Waals surface area contributed by atoms with Crippen molar-refractivity contribution in [2.45, 2.75) is 25.0 Å². The van der Waals surface area contributed by atoms with Gasteiger partial charge in [0.2, 0.25) is 0 Å². The van der Waals surface area contributed by atoms with Crippen LogP contribution in [0, 0.1) is 0 Å². The molecule has 2 N–H and O–H groups in total. The average Bonchev–Trinajstić information content (AvgIpc) is 2.56. The molecule has 0 spiro atoms. The third kappa shape index (κ3) is 1.79. The second kappa shape index (κ2) is 4.69. The first-order valence-corrected chi connectivity index (χ1v) is 7.62. The summed E-state index contributed by atoms with van der Waals surface area (Å²) in [6.45, 7) is 1.38. The smallest absolute Gasteiger partial charge is 0.195 e. The highest BCUT2D eigenvalue weighted by molar-refractivity contribution is 6.31. The van der Waals surface area contributed by atoms with Gasteiger partial charge in [-0.1, -0.05) is 30.3 Å². The topological polar surface area (TPSA) is 91.7 Å². The van der Waals surface area contributed by atoms with E-state index in [4.69, 9.17) is 0 Å². The van der Waals surface area contributed by atoms with Gasteiger partial charge in [-0.15, -0.1) is 0 Å². The number of Topliss-reactive ketones (excluding diaryl/α,β-unsaturated/α-hetero) is 1. The van der Waals surface area contributed by atoms with Crippen LogP contribution in [0.5, 0.6) is 0 Å². The second-order valence-corrected chi connectivity index (χ2v) is 6.53.